The van der Waals surface area contributed by atoms with Crippen LogP contribution >= 0.6 is 11.6 Å². The lowest BCUT2D eigenvalue weighted by atomic mass is 10.1. The summed E-state index contributed by atoms with van der Waals surface area (Å²) in [6, 6.07) is 11.5. The van der Waals surface area contributed by atoms with Gasteiger partial charge in [-0.15, -0.1) is 0 Å². The third-order valence-electron chi connectivity index (χ3n) is 2.89. The SMILES string of the molecule is Cc1cccc(C)c1OCc1cc(Cl)ccc1N. The molecule has 0 aliphatic heterocycles. The maximum absolute atomic E-state index is 5.95. The summed E-state index contributed by atoms with van der Waals surface area (Å²) in [4.78, 5) is 0. The number of aryl methyl sites for hydroxylation is 2. The van der Waals surface area contributed by atoms with Crippen LogP contribution in [0.3, 0.4) is 0 Å². The summed E-state index contributed by atoms with van der Waals surface area (Å²) in [6.07, 6.45) is 0. The first-order valence-corrected chi connectivity index (χ1v) is 6.18. The van der Waals surface area contributed by atoms with Gasteiger partial charge in [0.05, 0.1) is 0 Å². The summed E-state index contributed by atoms with van der Waals surface area (Å²) in [5.41, 5.74) is 9.74. The van der Waals surface area contributed by atoms with Crippen molar-refractivity contribution in [1.82, 2.24) is 0 Å². The molecule has 0 amide bonds. The van der Waals surface area contributed by atoms with E-state index < -0.39 is 0 Å². The van der Waals surface area contributed by atoms with E-state index in [1.807, 2.05) is 38.1 Å². The molecule has 0 saturated heterocycles. The van der Waals surface area contributed by atoms with E-state index in [1.54, 1.807) is 12.1 Å². The van der Waals surface area contributed by atoms with E-state index in [0.717, 1.165) is 22.4 Å². The second kappa shape index (κ2) is 5.32. The van der Waals surface area contributed by atoms with Crippen LogP contribution < -0.4 is 10.5 Å². The quantitative estimate of drug-likeness (QED) is 0.844. The molecule has 0 aromatic heterocycles. The molecule has 94 valence electrons. The van der Waals surface area contributed by atoms with Crippen molar-refractivity contribution >= 4 is 17.3 Å². The van der Waals surface area contributed by atoms with Gasteiger partial charge < -0.3 is 10.5 Å². The minimum absolute atomic E-state index is 0.429. The van der Waals surface area contributed by atoms with Gasteiger partial charge in [0.2, 0.25) is 0 Å². The molecule has 2 rings (SSSR count). The molecule has 2 aromatic carbocycles. The zero-order valence-corrected chi connectivity index (χ0v) is 11.3. The van der Waals surface area contributed by atoms with Crippen LogP contribution in [-0.4, -0.2) is 0 Å². The molecular formula is C15H16ClNO. The van der Waals surface area contributed by atoms with E-state index in [9.17, 15) is 0 Å². The first-order chi connectivity index (χ1) is 8.58. The van der Waals surface area contributed by atoms with E-state index in [0.29, 0.717) is 17.3 Å². The molecule has 3 heteroatoms. The molecule has 0 bridgehead atoms. The van der Waals surface area contributed by atoms with Gasteiger partial charge in [-0.25, -0.2) is 0 Å². The lowest BCUT2D eigenvalue weighted by Gasteiger charge is -2.13. The van der Waals surface area contributed by atoms with Crippen molar-refractivity contribution in [1.29, 1.82) is 0 Å². The zero-order chi connectivity index (χ0) is 13.1. The number of anilines is 1. The van der Waals surface area contributed by atoms with E-state index in [2.05, 4.69) is 0 Å². The fraction of sp³-hybridized carbons (Fsp3) is 0.200. The maximum Gasteiger partial charge on any atom is 0.125 e. The number of nitrogens with two attached hydrogens (primary N) is 1. The van der Waals surface area contributed by atoms with Crippen LogP contribution in [0.4, 0.5) is 5.69 Å². The van der Waals surface area contributed by atoms with Gasteiger partial charge in [-0.1, -0.05) is 29.8 Å². The Morgan fingerprint density at radius 2 is 1.78 bits per heavy atom. The van der Waals surface area contributed by atoms with Gasteiger partial charge in [-0.2, -0.15) is 0 Å². The Kier molecular flexibility index (Phi) is 3.78. The average molecular weight is 262 g/mol. The standard InChI is InChI=1S/C15H16ClNO/c1-10-4-3-5-11(2)15(10)18-9-12-8-13(16)6-7-14(12)17/h3-8H,9,17H2,1-2H3. The predicted molar refractivity (Wildman–Crippen MR) is 76.1 cm³/mol. The lowest BCUT2D eigenvalue weighted by molar-refractivity contribution is 0.302. The van der Waals surface area contributed by atoms with Crippen molar-refractivity contribution in [3.63, 3.8) is 0 Å². The molecule has 0 aliphatic carbocycles. The molecule has 0 spiro atoms. The first kappa shape index (κ1) is 12.8. The number of rotatable bonds is 3. The summed E-state index contributed by atoms with van der Waals surface area (Å²) in [5, 5.41) is 0.671. The van der Waals surface area contributed by atoms with Crippen molar-refractivity contribution in [3.05, 3.63) is 58.1 Å². The molecule has 0 atom stereocenters. The van der Waals surface area contributed by atoms with Gasteiger partial charge in [-0.05, 0) is 43.2 Å². The average Bonchev–Trinajstić information content (AvgIpc) is 2.33. The number of halogens is 1. The third-order valence-corrected chi connectivity index (χ3v) is 3.12. The van der Waals surface area contributed by atoms with Crippen LogP contribution in [-0.2, 0) is 6.61 Å². The third kappa shape index (κ3) is 2.77. The maximum atomic E-state index is 5.95. The van der Waals surface area contributed by atoms with Gasteiger partial charge in [0, 0.05) is 16.3 Å². The topological polar surface area (TPSA) is 35.2 Å². The monoisotopic (exact) mass is 261 g/mol. The number of hydrogen-bond acceptors (Lipinski definition) is 2. The van der Waals surface area contributed by atoms with Gasteiger partial charge >= 0.3 is 0 Å². The van der Waals surface area contributed by atoms with Crippen LogP contribution in [0.1, 0.15) is 16.7 Å². The highest BCUT2D eigenvalue weighted by Crippen LogP contribution is 2.25. The van der Waals surface area contributed by atoms with Crippen LogP contribution in [0.25, 0.3) is 0 Å². The molecule has 0 unspecified atom stereocenters. The molecule has 18 heavy (non-hydrogen) atoms. The Hall–Kier alpha value is -1.67. The van der Waals surface area contributed by atoms with Crippen LogP contribution in [0, 0.1) is 13.8 Å². The summed E-state index contributed by atoms with van der Waals surface area (Å²) in [5.74, 6) is 0.914. The Morgan fingerprint density at radius 3 is 2.44 bits per heavy atom. The predicted octanol–water partition coefficient (Wildman–Crippen LogP) is 4.12. The summed E-state index contributed by atoms with van der Waals surface area (Å²) >= 11 is 5.95. The molecule has 0 aliphatic rings. The molecule has 2 aromatic rings. The lowest BCUT2D eigenvalue weighted by Crippen LogP contribution is -2.02. The summed E-state index contributed by atoms with van der Waals surface area (Å²) < 4.78 is 5.85. The van der Waals surface area contributed by atoms with Crippen molar-refractivity contribution < 1.29 is 4.74 Å². The van der Waals surface area contributed by atoms with Crippen molar-refractivity contribution in [2.24, 2.45) is 0 Å². The highest BCUT2D eigenvalue weighted by atomic mass is 35.5. The fourth-order valence-corrected chi connectivity index (χ4v) is 2.07. The Bertz CT molecular complexity index is 546. The summed E-state index contributed by atoms with van der Waals surface area (Å²) in [7, 11) is 0. The van der Waals surface area contributed by atoms with Crippen LogP contribution in [0.15, 0.2) is 36.4 Å². The van der Waals surface area contributed by atoms with Crippen LogP contribution in [0.5, 0.6) is 5.75 Å². The molecular weight excluding hydrogens is 246 g/mol. The molecule has 0 radical (unpaired) electrons. The van der Waals surface area contributed by atoms with Crippen molar-refractivity contribution in [2.45, 2.75) is 20.5 Å². The highest BCUT2D eigenvalue weighted by Gasteiger charge is 2.06. The molecule has 2 N–H and O–H groups in total. The largest absolute Gasteiger partial charge is 0.488 e. The smallest absolute Gasteiger partial charge is 0.125 e. The highest BCUT2D eigenvalue weighted by molar-refractivity contribution is 6.30. The van der Waals surface area contributed by atoms with Crippen molar-refractivity contribution in [3.8, 4) is 5.75 Å². The van der Waals surface area contributed by atoms with E-state index >= 15 is 0 Å². The fourth-order valence-electron chi connectivity index (χ4n) is 1.88. The van der Waals surface area contributed by atoms with E-state index in [4.69, 9.17) is 22.1 Å². The zero-order valence-electron chi connectivity index (χ0n) is 10.5. The van der Waals surface area contributed by atoms with Crippen molar-refractivity contribution in [2.75, 3.05) is 5.73 Å². The van der Waals surface area contributed by atoms with Gasteiger partial charge in [-0.3, -0.25) is 0 Å². The Morgan fingerprint density at radius 1 is 1.11 bits per heavy atom. The van der Waals surface area contributed by atoms with Gasteiger partial charge in [0.15, 0.2) is 0 Å². The number of para-hydroxylation sites is 1. The normalized spacial score (nSPS) is 10.4. The number of hydrogen-bond donors (Lipinski definition) is 1. The van der Waals surface area contributed by atoms with E-state index in [1.165, 1.54) is 0 Å². The molecule has 0 heterocycles. The molecule has 0 saturated carbocycles. The second-order valence-electron chi connectivity index (χ2n) is 4.35. The second-order valence-corrected chi connectivity index (χ2v) is 4.79. The molecule has 0 fully saturated rings. The molecule has 2 nitrogen and oxygen atoms in total. The van der Waals surface area contributed by atoms with Gasteiger partial charge in [0.25, 0.3) is 0 Å². The summed E-state index contributed by atoms with van der Waals surface area (Å²) in [6.45, 7) is 4.49. The number of benzene rings is 2. The minimum atomic E-state index is 0.429. The van der Waals surface area contributed by atoms with Gasteiger partial charge in [0.1, 0.15) is 12.4 Å². The number of ether oxygens (including phenoxy) is 1. The Labute approximate surface area is 112 Å². The first-order valence-electron chi connectivity index (χ1n) is 5.81. The van der Waals surface area contributed by atoms with E-state index in [-0.39, 0.29) is 0 Å². The Balaban J connectivity index is 2.19. The minimum Gasteiger partial charge on any atom is -0.488 e. The number of nitrogen functional groups attached to an aromatic ring is 1. The van der Waals surface area contributed by atoms with Crippen LogP contribution in [0.2, 0.25) is 5.02 Å².